The van der Waals surface area contributed by atoms with E-state index in [2.05, 4.69) is 26.1 Å². The van der Waals surface area contributed by atoms with Crippen molar-refractivity contribution in [3.63, 3.8) is 0 Å². The monoisotopic (exact) mass is 371 g/mol. The molecule has 2 saturated carbocycles. The molecule has 27 heavy (non-hydrogen) atoms. The van der Waals surface area contributed by atoms with Crippen LogP contribution in [0, 0.1) is 23.2 Å². The van der Waals surface area contributed by atoms with Crippen molar-refractivity contribution in [2.24, 2.45) is 23.2 Å². The Morgan fingerprint density at radius 1 is 1.15 bits per heavy atom. The van der Waals surface area contributed by atoms with E-state index in [4.69, 9.17) is 4.74 Å². The summed E-state index contributed by atoms with van der Waals surface area (Å²) < 4.78 is 4.79. The van der Waals surface area contributed by atoms with Crippen LogP contribution in [0.25, 0.3) is 0 Å². The number of fused-ring (bicyclic) bond motifs is 2. The molecule has 3 atom stereocenters. The number of carbonyl (C=O) groups is 1. The van der Waals surface area contributed by atoms with E-state index in [1.54, 1.807) is 0 Å². The quantitative estimate of drug-likeness (QED) is 0.636. The van der Waals surface area contributed by atoms with E-state index in [1.807, 2.05) is 24.3 Å². The average molecular weight is 372 g/mol. The molecule has 1 N–H and O–H groups in total. The molecule has 0 saturated heterocycles. The first-order chi connectivity index (χ1) is 13.0. The van der Waals surface area contributed by atoms with Gasteiger partial charge >= 0.3 is 5.97 Å². The van der Waals surface area contributed by atoms with Gasteiger partial charge in [-0.1, -0.05) is 32.9 Å². The molecule has 0 spiro atoms. The van der Waals surface area contributed by atoms with Crippen molar-refractivity contribution in [1.29, 1.82) is 0 Å². The zero-order valence-corrected chi connectivity index (χ0v) is 17.6. The molecule has 1 aromatic carbocycles. The fourth-order valence-electron chi connectivity index (χ4n) is 6.20. The minimum Gasteiger partial charge on any atom is -0.465 e. The lowest BCUT2D eigenvalue weighted by atomic mass is 9.55. The summed E-state index contributed by atoms with van der Waals surface area (Å²) in [5, 5.41) is 3.89. The number of ether oxygens (including phenoxy) is 1. The summed E-state index contributed by atoms with van der Waals surface area (Å²) in [6, 6.07) is 8.39. The molecule has 0 aliphatic heterocycles. The van der Waals surface area contributed by atoms with Crippen LogP contribution in [0.3, 0.4) is 0 Å². The standard InChI is InChI=1S/C24H37NO2/c1-5-22(25-16-18-7-9-21(10-8-18)23(26)27-4)24(6-2)14-19-11-17(3)12-20(13-19)15-24/h7-10,17,19-20,22,25H,5-6,11-16H2,1-4H3. The maximum absolute atomic E-state index is 11.6. The van der Waals surface area contributed by atoms with Crippen LogP contribution in [0.5, 0.6) is 0 Å². The normalized spacial score (nSPS) is 31.3. The summed E-state index contributed by atoms with van der Waals surface area (Å²) >= 11 is 0. The van der Waals surface area contributed by atoms with Gasteiger partial charge in [-0.25, -0.2) is 4.79 Å². The highest BCUT2D eigenvalue weighted by atomic mass is 16.5. The lowest BCUT2D eigenvalue weighted by Gasteiger charge is -2.52. The largest absolute Gasteiger partial charge is 0.465 e. The first kappa shape index (κ1) is 20.4. The number of hydrogen-bond acceptors (Lipinski definition) is 3. The predicted octanol–water partition coefficient (Wildman–Crippen LogP) is 5.58. The van der Waals surface area contributed by atoms with Gasteiger partial charge in [0.25, 0.3) is 0 Å². The SMILES string of the molecule is CCC(NCc1ccc(C(=O)OC)cc1)C1(CC)CC2CC(C)CC(C2)C1. The third-order valence-corrected chi connectivity index (χ3v) is 7.31. The second-order valence-electron chi connectivity index (χ2n) is 9.20. The Kier molecular flexibility index (Phi) is 6.62. The summed E-state index contributed by atoms with van der Waals surface area (Å²) in [6.07, 6.45) is 9.60. The van der Waals surface area contributed by atoms with Crippen molar-refractivity contribution in [2.45, 2.75) is 78.3 Å². The molecule has 2 aliphatic rings. The zero-order chi connectivity index (χ0) is 19.4. The summed E-state index contributed by atoms with van der Waals surface area (Å²) in [6.45, 7) is 8.06. The number of methoxy groups -OCH3 is 1. The molecular formula is C24H37NO2. The molecule has 2 aliphatic carbocycles. The van der Waals surface area contributed by atoms with E-state index in [1.165, 1.54) is 57.6 Å². The van der Waals surface area contributed by atoms with E-state index in [0.717, 1.165) is 24.3 Å². The van der Waals surface area contributed by atoms with Crippen molar-refractivity contribution in [1.82, 2.24) is 5.32 Å². The topological polar surface area (TPSA) is 38.3 Å². The first-order valence-corrected chi connectivity index (χ1v) is 10.9. The van der Waals surface area contributed by atoms with Gasteiger partial charge in [0.1, 0.15) is 0 Å². The molecule has 2 bridgehead atoms. The molecule has 1 aromatic rings. The number of nitrogens with one attached hydrogen (secondary N) is 1. The number of benzene rings is 1. The van der Waals surface area contributed by atoms with E-state index < -0.39 is 0 Å². The molecule has 0 aromatic heterocycles. The maximum Gasteiger partial charge on any atom is 0.337 e. The van der Waals surface area contributed by atoms with Gasteiger partial charge in [0, 0.05) is 12.6 Å². The number of hydrogen-bond donors (Lipinski definition) is 1. The molecular weight excluding hydrogens is 334 g/mol. The second kappa shape index (κ2) is 8.77. The highest BCUT2D eigenvalue weighted by molar-refractivity contribution is 5.89. The highest BCUT2D eigenvalue weighted by Gasteiger charge is 2.46. The fraction of sp³-hybridized carbons (Fsp3) is 0.708. The Labute approximate surface area is 165 Å². The van der Waals surface area contributed by atoms with Gasteiger partial charge in [-0.3, -0.25) is 0 Å². The van der Waals surface area contributed by atoms with E-state index in [-0.39, 0.29) is 5.97 Å². The van der Waals surface area contributed by atoms with Gasteiger partial charge in [0.2, 0.25) is 0 Å². The van der Waals surface area contributed by atoms with Crippen molar-refractivity contribution >= 4 is 5.97 Å². The van der Waals surface area contributed by atoms with Crippen LogP contribution in [0.1, 0.15) is 81.6 Å². The third kappa shape index (κ3) is 4.56. The summed E-state index contributed by atoms with van der Waals surface area (Å²) in [7, 11) is 1.42. The van der Waals surface area contributed by atoms with Crippen LogP contribution in [0.2, 0.25) is 0 Å². The predicted molar refractivity (Wildman–Crippen MR) is 111 cm³/mol. The average Bonchev–Trinajstić information content (AvgIpc) is 2.67. The fourth-order valence-corrected chi connectivity index (χ4v) is 6.20. The van der Waals surface area contributed by atoms with Gasteiger partial charge < -0.3 is 10.1 Å². The lowest BCUT2D eigenvalue weighted by Crippen LogP contribution is -2.50. The molecule has 0 amide bonds. The molecule has 2 fully saturated rings. The summed E-state index contributed by atoms with van der Waals surface area (Å²) in [4.78, 5) is 11.6. The summed E-state index contributed by atoms with van der Waals surface area (Å²) in [5.41, 5.74) is 2.30. The molecule has 0 radical (unpaired) electrons. The van der Waals surface area contributed by atoms with Crippen molar-refractivity contribution in [3.8, 4) is 0 Å². The minimum atomic E-state index is -0.270. The number of esters is 1. The highest BCUT2D eigenvalue weighted by Crippen LogP contribution is 2.53. The Bertz CT molecular complexity index is 606. The van der Waals surface area contributed by atoms with E-state index >= 15 is 0 Å². The number of carbonyl (C=O) groups excluding carboxylic acids is 1. The smallest absolute Gasteiger partial charge is 0.337 e. The van der Waals surface area contributed by atoms with Gasteiger partial charge in [0.05, 0.1) is 12.7 Å². The van der Waals surface area contributed by atoms with Gasteiger partial charge in [-0.05, 0) is 85.8 Å². The molecule has 3 nitrogen and oxygen atoms in total. The lowest BCUT2D eigenvalue weighted by molar-refractivity contribution is 0.00289. The second-order valence-corrected chi connectivity index (χ2v) is 9.20. The van der Waals surface area contributed by atoms with Crippen molar-refractivity contribution in [2.75, 3.05) is 7.11 Å². The van der Waals surface area contributed by atoms with Crippen LogP contribution in [0.4, 0.5) is 0 Å². The van der Waals surface area contributed by atoms with Gasteiger partial charge in [-0.2, -0.15) is 0 Å². The molecule has 150 valence electrons. The van der Waals surface area contributed by atoms with Crippen LogP contribution >= 0.6 is 0 Å². The maximum atomic E-state index is 11.6. The number of rotatable bonds is 7. The molecule has 0 heterocycles. The zero-order valence-electron chi connectivity index (χ0n) is 17.6. The van der Waals surface area contributed by atoms with Gasteiger partial charge in [0.15, 0.2) is 0 Å². The Morgan fingerprint density at radius 3 is 2.30 bits per heavy atom. The van der Waals surface area contributed by atoms with Gasteiger partial charge in [-0.15, -0.1) is 0 Å². The Hall–Kier alpha value is -1.35. The van der Waals surface area contributed by atoms with E-state index in [0.29, 0.717) is 17.0 Å². The van der Waals surface area contributed by atoms with Crippen LogP contribution in [-0.4, -0.2) is 19.1 Å². The minimum absolute atomic E-state index is 0.270. The molecule has 3 rings (SSSR count). The first-order valence-electron chi connectivity index (χ1n) is 10.9. The van der Waals surface area contributed by atoms with E-state index in [9.17, 15) is 4.79 Å². The Morgan fingerprint density at radius 2 is 1.78 bits per heavy atom. The van der Waals surface area contributed by atoms with Crippen LogP contribution < -0.4 is 5.32 Å². The molecule has 3 heteroatoms. The van der Waals surface area contributed by atoms with Crippen LogP contribution in [0.15, 0.2) is 24.3 Å². The van der Waals surface area contributed by atoms with Crippen molar-refractivity contribution in [3.05, 3.63) is 35.4 Å². The molecule has 3 unspecified atom stereocenters. The van der Waals surface area contributed by atoms with Crippen molar-refractivity contribution < 1.29 is 9.53 Å². The van der Waals surface area contributed by atoms with Crippen LogP contribution in [-0.2, 0) is 11.3 Å². The summed E-state index contributed by atoms with van der Waals surface area (Å²) in [5.74, 6) is 2.52. The Balaban J connectivity index is 1.66. The third-order valence-electron chi connectivity index (χ3n) is 7.31.